The van der Waals surface area contributed by atoms with E-state index in [4.69, 9.17) is 10.2 Å². The monoisotopic (exact) mass is 434 g/mol. The maximum Gasteiger partial charge on any atom is 0.293 e. The number of furan rings is 1. The summed E-state index contributed by atoms with van der Waals surface area (Å²) in [6, 6.07) is 10.2. The van der Waals surface area contributed by atoms with Crippen LogP contribution >= 0.6 is 12.4 Å². The predicted octanol–water partition coefficient (Wildman–Crippen LogP) is 1.91. The van der Waals surface area contributed by atoms with E-state index in [1.807, 2.05) is 0 Å². The van der Waals surface area contributed by atoms with Crippen LogP contribution < -0.4 is 16.0 Å². The quantitative estimate of drug-likeness (QED) is 0.721. The molecule has 8 nitrogen and oxygen atoms in total. The number of amides is 3. The number of nitrogens with one attached hydrogen (secondary N) is 1. The van der Waals surface area contributed by atoms with Crippen LogP contribution in [0.5, 0.6) is 0 Å². The van der Waals surface area contributed by atoms with Gasteiger partial charge in [-0.2, -0.15) is 0 Å². The second kappa shape index (κ2) is 10.8. The SMILES string of the molecule is CN(C(=O)c1ccco1)c1ccccc1C(=O)N1CCCC(C(=O)NCCN)C1.Cl. The summed E-state index contributed by atoms with van der Waals surface area (Å²) in [7, 11) is 1.61. The number of para-hydroxylation sites is 1. The fraction of sp³-hybridized carbons (Fsp3) is 0.381. The summed E-state index contributed by atoms with van der Waals surface area (Å²) < 4.78 is 5.19. The minimum absolute atomic E-state index is 0. The van der Waals surface area contributed by atoms with E-state index in [0.29, 0.717) is 37.4 Å². The molecule has 3 rings (SSSR count). The molecule has 1 unspecified atom stereocenters. The van der Waals surface area contributed by atoms with Crippen LogP contribution in [0.4, 0.5) is 5.69 Å². The zero-order valence-electron chi connectivity index (χ0n) is 16.9. The first-order valence-electron chi connectivity index (χ1n) is 9.70. The van der Waals surface area contributed by atoms with E-state index in [1.165, 1.54) is 11.2 Å². The van der Waals surface area contributed by atoms with Crippen LogP contribution in [0.15, 0.2) is 47.1 Å². The van der Waals surface area contributed by atoms with E-state index in [0.717, 1.165) is 12.8 Å². The number of benzene rings is 1. The maximum atomic E-state index is 13.2. The van der Waals surface area contributed by atoms with Gasteiger partial charge >= 0.3 is 0 Å². The van der Waals surface area contributed by atoms with Gasteiger partial charge in [-0.25, -0.2) is 0 Å². The van der Waals surface area contributed by atoms with Gasteiger partial charge in [0.2, 0.25) is 5.91 Å². The molecule has 1 aromatic carbocycles. The van der Waals surface area contributed by atoms with Gasteiger partial charge < -0.3 is 25.3 Å². The Morgan fingerprint density at radius 2 is 2.00 bits per heavy atom. The molecule has 0 aliphatic carbocycles. The van der Waals surface area contributed by atoms with Gasteiger partial charge in [-0.1, -0.05) is 12.1 Å². The number of anilines is 1. The van der Waals surface area contributed by atoms with Crippen LogP contribution in [-0.2, 0) is 4.79 Å². The molecular formula is C21H27ClN4O4. The Kier molecular flexibility index (Phi) is 8.44. The highest BCUT2D eigenvalue weighted by Crippen LogP contribution is 2.25. The molecule has 0 spiro atoms. The van der Waals surface area contributed by atoms with E-state index in [9.17, 15) is 14.4 Å². The lowest BCUT2D eigenvalue weighted by Gasteiger charge is -2.33. The van der Waals surface area contributed by atoms with Crippen LogP contribution in [0, 0.1) is 5.92 Å². The largest absolute Gasteiger partial charge is 0.459 e. The Morgan fingerprint density at radius 3 is 2.70 bits per heavy atom. The first-order chi connectivity index (χ1) is 14.0. The molecule has 1 fully saturated rings. The molecule has 30 heavy (non-hydrogen) atoms. The highest BCUT2D eigenvalue weighted by atomic mass is 35.5. The highest BCUT2D eigenvalue weighted by molar-refractivity contribution is 6.09. The van der Waals surface area contributed by atoms with Gasteiger partial charge in [0.25, 0.3) is 11.8 Å². The van der Waals surface area contributed by atoms with Crippen molar-refractivity contribution in [3.05, 3.63) is 54.0 Å². The smallest absolute Gasteiger partial charge is 0.293 e. The van der Waals surface area contributed by atoms with E-state index >= 15 is 0 Å². The van der Waals surface area contributed by atoms with Crippen molar-refractivity contribution in [2.45, 2.75) is 12.8 Å². The summed E-state index contributed by atoms with van der Waals surface area (Å²) in [5.74, 6) is -0.673. The summed E-state index contributed by atoms with van der Waals surface area (Å²) in [4.78, 5) is 41.2. The van der Waals surface area contributed by atoms with Crippen LogP contribution in [0.25, 0.3) is 0 Å². The Morgan fingerprint density at radius 1 is 1.23 bits per heavy atom. The van der Waals surface area contributed by atoms with Crippen LogP contribution in [0.2, 0.25) is 0 Å². The molecule has 3 N–H and O–H groups in total. The van der Waals surface area contributed by atoms with Gasteiger partial charge in [-0.05, 0) is 37.1 Å². The molecule has 0 bridgehead atoms. The first kappa shape index (κ1) is 23.4. The average molecular weight is 435 g/mol. The normalized spacial score (nSPS) is 15.8. The Hall–Kier alpha value is -2.84. The van der Waals surface area contributed by atoms with Gasteiger partial charge in [0, 0.05) is 33.2 Å². The van der Waals surface area contributed by atoms with E-state index in [1.54, 1.807) is 48.3 Å². The number of piperidine rings is 1. The van der Waals surface area contributed by atoms with E-state index < -0.39 is 0 Å². The number of carbonyl (C=O) groups is 3. The molecule has 2 heterocycles. The van der Waals surface area contributed by atoms with Crippen molar-refractivity contribution in [3.63, 3.8) is 0 Å². The number of carbonyl (C=O) groups excluding carboxylic acids is 3. The predicted molar refractivity (Wildman–Crippen MR) is 116 cm³/mol. The lowest BCUT2D eigenvalue weighted by Crippen LogP contribution is -2.46. The number of nitrogens with zero attached hydrogens (tertiary/aromatic N) is 2. The lowest BCUT2D eigenvalue weighted by atomic mass is 9.96. The summed E-state index contributed by atoms with van der Waals surface area (Å²) in [5.41, 5.74) is 6.35. The zero-order chi connectivity index (χ0) is 20.8. The van der Waals surface area contributed by atoms with Crippen molar-refractivity contribution in [1.29, 1.82) is 0 Å². The molecule has 1 aromatic heterocycles. The average Bonchev–Trinajstić information content (AvgIpc) is 3.31. The van der Waals surface area contributed by atoms with Gasteiger partial charge in [0.05, 0.1) is 23.4 Å². The third kappa shape index (κ3) is 5.20. The van der Waals surface area contributed by atoms with Crippen molar-refractivity contribution in [3.8, 4) is 0 Å². The number of halogens is 1. The minimum Gasteiger partial charge on any atom is -0.459 e. The van der Waals surface area contributed by atoms with Gasteiger partial charge in [-0.3, -0.25) is 14.4 Å². The molecule has 1 aliphatic heterocycles. The first-order valence-corrected chi connectivity index (χ1v) is 9.70. The summed E-state index contributed by atoms with van der Waals surface area (Å²) in [6.45, 7) is 1.72. The minimum atomic E-state index is -0.340. The van der Waals surface area contributed by atoms with Gasteiger partial charge in [0.15, 0.2) is 5.76 Å². The highest BCUT2D eigenvalue weighted by Gasteiger charge is 2.30. The molecule has 3 amide bonds. The summed E-state index contributed by atoms with van der Waals surface area (Å²) >= 11 is 0. The molecule has 1 aliphatic rings. The van der Waals surface area contributed by atoms with Crippen LogP contribution in [0.3, 0.4) is 0 Å². The number of likely N-dealkylation sites (tertiary alicyclic amines) is 1. The Balaban J connectivity index is 0.00000320. The van der Waals surface area contributed by atoms with Crippen molar-refractivity contribution in [1.82, 2.24) is 10.2 Å². The molecule has 1 atom stereocenters. The third-order valence-electron chi connectivity index (χ3n) is 5.06. The fourth-order valence-electron chi connectivity index (χ4n) is 3.51. The number of rotatable bonds is 6. The van der Waals surface area contributed by atoms with Crippen molar-refractivity contribution < 1.29 is 18.8 Å². The Bertz CT molecular complexity index is 872. The van der Waals surface area contributed by atoms with E-state index in [-0.39, 0.29) is 41.8 Å². The van der Waals surface area contributed by atoms with Crippen molar-refractivity contribution in [2.75, 3.05) is 38.1 Å². The number of hydrogen-bond acceptors (Lipinski definition) is 5. The van der Waals surface area contributed by atoms with Gasteiger partial charge in [0.1, 0.15) is 0 Å². The summed E-state index contributed by atoms with van der Waals surface area (Å²) in [6.07, 6.45) is 2.91. The van der Waals surface area contributed by atoms with Crippen molar-refractivity contribution >= 4 is 35.8 Å². The van der Waals surface area contributed by atoms with E-state index in [2.05, 4.69) is 5.32 Å². The van der Waals surface area contributed by atoms with Crippen molar-refractivity contribution in [2.24, 2.45) is 11.7 Å². The third-order valence-corrected chi connectivity index (χ3v) is 5.06. The van der Waals surface area contributed by atoms with Crippen LogP contribution in [-0.4, -0.2) is 55.8 Å². The molecule has 1 saturated heterocycles. The molecule has 2 aromatic rings. The molecule has 9 heteroatoms. The topological polar surface area (TPSA) is 109 Å². The van der Waals surface area contributed by atoms with Crippen LogP contribution in [0.1, 0.15) is 33.8 Å². The maximum absolute atomic E-state index is 13.2. The lowest BCUT2D eigenvalue weighted by molar-refractivity contribution is -0.126. The molecular weight excluding hydrogens is 408 g/mol. The fourth-order valence-corrected chi connectivity index (χ4v) is 3.51. The number of nitrogens with two attached hydrogens (primary N) is 1. The zero-order valence-corrected chi connectivity index (χ0v) is 17.7. The second-order valence-electron chi connectivity index (χ2n) is 7.03. The number of hydrogen-bond donors (Lipinski definition) is 2. The molecule has 0 radical (unpaired) electrons. The van der Waals surface area contributed by atoms with Gasteiger partial charge in [-0.15, -0.1) is 12.4 Å². The summed E-state index contributed by atoms with van der Waals surface area (Å²) in [5, 5.41) is 2.80. The standard InChI is InChI=1S/C21H26N4O4.ClH/c1-24(21(28)18-9-5-13-29-18)17-8-3-2-7-16(17)20(27)25-12-4-6-15(14-25)19(26)23-11-10-22;/h2-3,5,7-9,13,15H,4,6,10-12,14,22H2,1H3,(H,23,26);1H. The Labute approximate surface area is 181 Å². The molecule has 0 saturated carbocycles. The molecule has 162 valence electrons. The second-order valence-corrected chi connectivity index (χ2v) is 7.03.